The van der Waals surface area contributed by atoms with Gasteiger partial charge in [0.2, 0.25) is 0 Å². The highest BCUT2D eigenvalue weighted by atomic mass is 16.3. The molecule has 3 amide bonds. The Morgan fingerprint density at radius 2 is 1.96 bits per heavy atom. The van der Waals surface area contributed by atoms with Crippen LogP contribution in [0.2, 0.25) is 0 Å². The van der Waals surface area contributed by atoms with Crippen LogP contribution in [0.25, 0.3) is 0 Å². The number of H-pyrrole nitrogens is 1. The molecule has 134 valence electrons. The van der Waals surface area contributed by atoms with Crippen LogP contribution in [0.1, 0.15) is 36.1 Å². The van der Waals surface area contributed by atoms with E-state index in [1.165, 1.54) is 0 Å². The molecule has 0 saturated carbocycles. The van der Waals surface area contributed by atoms with Crippen LogP contribution in [0.15, 0.2) is 36.7 Å². The third-order valence-electron chi connectivity index (χ3n) is 3.41. The summed E-state index contributed by atoms with van der Waals surface area (Å²) in [6.07, 6.45) is 3.15. The molecule has 2 aromatic rings. The molecule has 2 rings (SSSR count). The highest BCUT2D eigenvalue weighted by Crippen LogP contribution is 2.11. The zero-order valence-electron chi connectivity index (χ0n) is 14.2. The van der Waals surface area contributed by atoms with Gasteiger partial charge < -0.3 is 26.0 Å². The van der Waals surface area contributed by atoms with E-state index in [1.807, 2.05) is 13.8 Å². The van der Waals surface area contributed by atoms with Gasteiger partial charge in [-0.25, -0.2) is 9.78 Å². The average molecular weight is 345 g/mol. The minimum Gasteiger partial charge on any atom is -0.394 e. The Morgan fingerprint density at radius 1 is 1.24 bits per heavy atom. The van der Waals surface area contributed by atoms with E-state index in [9.17, 15) is 14.7 Å². The number of nitrogens with one attached hydrogen (secondary N) is 4. The highest BCUT2D eigenvalue weighted by Gasteiger charge is 2.15. The van der Waals surface area contributed by atoms with E-state index in [0.29, 0.717) is 29.5 Å². The van der Waals surface area contributed by atoms with Crippen LogP contribution in [-0.4, -0.2) is 40.2 Å². The molecule has 0 bridgehead atoms. The molecule has 5 N–H and O–H groups in total. The number of aromatic amines is 1. The van der Waals surface area contributed by atoms with E-state index in [1.54, 1.807) is 36.7 Å². The molecule has 1 aromatic carbocycles. The number of aliphatic hydroxyl groups is 1. The van der Waals surface area contributed by atoms with Crippen LogP contribution in [0.5, 0.6) is 0 Å². The van der Waals surface area contributed by atoms with Crippen LogP contribution in [0, 0.1) is 5.92 Å². The molecule has 0 fully saturated rings. The van der Waals surface area contributed by atoms with E-state index >= 15 is 0 Å². The Morgan fingerprint density at radius 3 is 2.52 bits per heavy atom. The standard InChI is InChI=1S/C17H23N5O3/c1-11(2)9-20-16(24)12-3-5-13(6-4-12)21-17(25)22-14(10-23)15-18-7-8-19-15/h3-8,11,14,23H,9-10H2,1-2H3,(H,18,19)(H,20,24)(H2,21,22,25). The van der Waals surface area contributed by atoms with Gasteiger partial charge in [0.1, 0.15) is 11.9 Å². The van der Waals surface area contributed by atoms with Gasteiger partial charge >= 0.3 is 6.03 Å². The van der Waals surface area contributed by atoms with Gasteiger partial charge in [-0.05, 0) is 30.2 Å². The first-order valence-corrected chi connectivity index (χ1v) is 8.05. The zero-order valence-corrected chi connectivity index (χ0v) is 14.2. The number of aliphatic hydroxyl groups excluding tert-OH is 1. The van der Waals surface area contributed by atoms with Gasteiger partial charge in [0.05, 0.1) is 6.61 Å². The zero-order chi connectivity index (χ0) is 18.2. The summed E-state index contributed by atoms with van der Waals surface area (Å²) >= 11 is 0. The number of benzene rings is 1. The molecule has 1 heterocycles. The highest BCUT2D eigenvalue weighted by molar-refractivity contribution is 5.95. The molecule has 8 nitrogen and oxygen atoms in total. The van der Waals surface area contributed by atoms with Crippen molar-refractivity contribution in [1.29, 1.82) is 0 Å². The van der Waals surface area contributed by atoms with Gasteiger partial charge in [0.25, 0.3) is 5.91 Å². The quantitative estimate of drug-likeness (QED) is 0.524. The maximum Gasteiger partial charge on any atom is 0.319 e. The van der Waals surface area contributed by atoms with Gasteiger partial charge in [0, 0.05) is 30.2 Å². The summed E-state index contributed by atoms with van der Waals surface area (Å²) in [5, 5.41) is 17.4. The van der Waals surface area contributed by atoms with Crippen molar-refractivity contribution in [1.82, 2.24) is 20.6 Å². The van der Waals surface area contributed by atoms with Gasteiger partial charge in [-0.1, -0.05) is 13.8 Å². The monoisotopic (exact) mass is 345 g/mol. The summed E-state index contributed by atoms with van der Waals surface area (Å²) in [4.78, 5) is 30.8. The van der Waals surface area contributed by atoms with Gasteiger partial charge in [0.15, 0.2) is 0 Å². The lowest BCUT2D eigenvalue weighted by Gasteiger charge is -2.15. The average Bonchev–Trinajstić information content (AvgIpc) is 3.12. The molecule has 8 heteroatoms. The van der Waals surface area contributed by atoms with Crippen molar-refractivity contribution >= 4 is 17.6 Å². The predicted molar refractivity (Wildman–Crippen MR) is 94.2 cm³/mol. The molecule has 25 heavy (non-hydrogen) atoms. The van der Waals surface area contributed by atoms with Crippen LogP contribution in [0.3, 0.4) is 0 Å². The lowest BCUT2D eigenvalue weighted by Crippen LogP contribution is -2.35. The SMILES string of the molecule is CC(C)CNC(=O)c1ccc(NC(=O)NC(CO)c2ncc[nH]2)cc1. The van der Waals surface area contributed by atoms with E-state index < -0.39 is 12.1 Å². The number of nitrogens with zero attached hydrogens (tertiary/aromatic N) is 1. The summed E-state index contributed by atoms with van der Waals surface area (Å²) in [5.74, 6) is 0.694. The Labute approximate surface area is 146 Å². The number of aromatic nitrogens is 2. The number of carbonyl (C=O) groups excluding carboxylic acids is 2. The summed E-state index contributed by atoms with van der Waals surface area (Å²) in [6, 6.07) is 5.46. The number of amides is 3. The van der Waals surface area contributed by atoms with E-state index in [4.69, 9.17) is 0 Å². The molecule has 0 spiro atoms. The van der Waals surface area contributed by atoms with Gasteiger partial charge in [-0.3, -0.25) is 4.79 Å². The molecular weight excluding hydrogens is 322 g/mol. The minimum atomic E-state index is -0.629. The summed E-state index contributed by atoms with van der Waals surface area (Å²) in [7, 11) is 0. The maximum atomic E-state index is 12.0. The lowest BCUT2D eigenvalue weighted by atomic mass is 10.1. The normalized spacial score (nSPS) is 11.8. The van der Waals surface area contributed by atoms with Crippen molar-refractivity contribution in [2.75, 3.05) is 18.5 Å². The molecule has 0 radical (unpaired) electrons. The maximum absolute atomic E-state index is 12.0. The number of urea groups is 1. The van der Waals surface area contributed by atoms with Gasteiger partial charge in [-0.2, -0.15) is 0 Å². The molecule has 0 aliphatic heterocycles. The topological polar surface area (TPSA) is 119 Å². The number of rotatable bonds is 7. The molecule has 1 unspecified atom stereocenters. The molecule has 0 saturated heterocycles. The fourth-order valence-corrected chi connectivity index (χ4v) is 2.10. The van der Waals surface area contributed by atoms with Crippen molar-refractivity contribution in [2.45, 2.75) is 19.9 Å². The van der Waals surface area contributed by atoms with Gasteiger partial charge in [-0.15, -0.1) is 0 Å². The largest absolute Gasteiger partial charge is 0.394 e. The van der Waals surface area contributed by atoms with Crippen molar-refractivity contribution in [2.24, 2.45) is 5.92 Å². The van der Waals surface area contributed by atoms with Crippen molar-refractivity contribution < 1.29 is 14.7 Å². The fourth-order valence-electron chi connectivity index (χ4n) is 2.10. The minimum absolute atomic E-state index is 0.150. The second-order valence-electron chi connectivity index (χ2n) is 5.99. The number of carbonyl (C=O) groups is 2. The third-order valence-corrected chi connectivity index (χ3v) is 3.41. The van der Waals surface area contributed by atoms with Crippen LogP contribution in [0.4, 0.5) is 10.5 Å². The van der Waals surface area contributed by atoms with Crippen LogP contribution >= 0.6 is 0 Å². The van der Waals surface area contributed by atoms with E-state index in [-0.39, 0.29) is 12.5 Å². The first-order valence-electron chi connectivity index (χ1n) is 8.05. The molecule has 1 atom stereocenters. The third kappa shape index (κ3) is 5.61. The number of imidazole rings is 1. The van der Waals surface area contributed by atoms with Crippen LogP contribution < -0.4 is 16.0 Å². The van der Waals surface area contributed by atoms with E-state index in [2.05, 4.69) is 25.9 Å². The Bertz CT molecular complexity index is 683. The lowest BCUT2D eigenvalue weighted by molar-refractivity contribution is 0.0949. The molecular formula is C17H23N5O3. The second kappa shape index (κ2) is 8.84. The van der Waals surface area contributed by atoms with Crippen LogP contribution in [-0.2, 0) is 0 Å². The summed E-state index contributed by atoms with van der Waals surface area (Å²) in [5.41, 5.74) is 1.06. The predicted octanol–water partition coefficient (Wildman–Crippen LogP) is 1.65. The smallest absolute Gasteiger partial charge is 0.319 e. The van der Waals surface area contributed by atoms with Crippen molar-refractivity contribution in [3.8, 4) is 0 Å². The Hall–Kier alpha value is -2.87. The number of hydrogen-bond donors (Lipinski definition) is 5. The number of hydrogen-bond acceptors (Lipinski definition) is 4. The summed E-state index contributed by atoms with van der Waals surface area (Å²) in [6.45, 7) is 4.37. The molecule has 0 aliphatic rings. The fraction of sp³-hybridized carbons (Fsp3) is 0.353. The second-order valence-corrected chi connectivity index (χ2v) is 5.99. The number of anilines is 1. The van der Waals surface area contributed by atoms with E-state index in [0.717, 1.165) is 0 Å². The Balaban J connectivity index is 1.89. The van der Waals surface area contributed by atoms with Crippen molar-refractivity contribution in [3.63, 3.8) is 0 Å². The molecule has 0 aliphatic carbocycles. The first-order chi connectivity index (χ1) is 12.0. The summed E-state index contributed by atoms with van der Waals surface area (Å²) < 4.78 is 0. The Kier molecular flexibility index (Phi) is 6.53. The first kappa shape index (κ1) is 18.5. The molecule has 1 aromatic heterocycles. The van der Waals surface area contributed by atoms with Crippen molar-refractivity contribution in [3.05, 3.63) is 48.0 Å².